The summed E-state index contributed by atoms with van der Waals surface area (Å²) in [6.07, 6.45) is 3.33. The Morgan fingerprint density at radius 1 is 1.17 bits per heavy atom. The number of aromatic nitrogens is 1. The number of amides is 2. The first kappa shape index (κ1) is 20.5. The van der Waals surface area contributed by atoms with Crippen molar-refractivity contribution in [3.05, 3.63) is 86.7 Å². The van der Waals surface area contributed by atoms with Crippen LogP contribution in [0.1, 0.15) is 28.3 Å². The fraction of sp³-hybridized carbons (Fsp3) is 0.182. The van der Waals surface area contributed by atoms with Crippen LogP contribution < -0.4 is 0 Å². The van der Waals surface area contributed by atoms with Crippen LogP contribution in [0.5, 0.6) is 0 Å². The monoisotopic (exact) mass is 444 g/mol. The zero-order valence-electron chi connectivity index (χ0n) is 16.3. The van der Waals surface area contributed by atoms with E-state index in [1.807, 2.05) is 32.0 Å². The summed E-state index contributed by atoms with van der Waals surface area (Å²) < 4.78 is 21.6. The van der Waals surface area contributed by atoms with E-state index in [0.29, 0.717) is 11.4 Å². The molecule has 0 bridgehead atoms. The number of furan rings is 1. The maximum atomic E-state index is 14.1. The van der Waals surface area contributed by atoms with Crippen LogP contribution in [0.4, 0.5) is 9.18 Å². The number of hydrogen-bond donors (Lipinski definition) is 0. The van der Waals surface area contributed by atoms with E-state index in [1.54, 1.807) is 12.3 Å². The standard InChI is InChI=1S/C22H18ClFN2O3S/c1-13-9-15(14(2)25(13)11-16-5-4-8-29-16)10-20-21(27)26(22(28)30-20)12-17-18(23)6-3-7-19(17)24/h3-10H,11-12H2,1-2H3/b20-10-. The van der Waals surface area contributed by atoms with Gasteiger partial charge in [-0.15, -0.1) is 0 Å². The molecule has 0 atom stereocenters. The van der Waals surface area contributed by atoms with E-state index in [0.717, 1.165) is 39.4 Å². The summed E-state index contributed by atoms with van der Waals surface area (Å²) in [5.41, 5.74) is 2.92. The van der Waals surface area contributed by atoms with E-state index in [-0.39, 0.29) is 17.1 Å². The molecule has 8 heteroatoms. The molecule has 5 nitrogen and oxygen atoms in total. The lowest BCUT2D eigenvalue weighted by Gasteiger charge is -2.14. The molecule has 30 heavy (non-hydrogen) atoms. The molecule has 0 saturated carbocycles. The van der Waals surface area contributed by atoms with Gasteiger partial charge in [0.25, 0.3) is 11.1 Å². The van der Waals surface area contributed by atoms with Crippen molar-refractivity contribution in [2.45, 2.75) is 26.9 Å². The minimum Gasteiger partial charge on any atom is -0.467 e. The molecule has 1 aromatic carbocycles. The summed E-state index contributed by atoms with van der Waals surface area (Å²) in [6, 6.07) is 9.96. The summed E-state index contributed by atoms with van der Waals surface area (Å²) in [5.74, 6) is -0.183. The van der Waals surface area contributed by atoms with Gasteiger partial charge in [0.1, 0.15) is 11.6 Å². The number of carbonyl (C=O) groups excluding carboxylic acids is 2. The minimum atomic E-state index is -0.549. The van der Waals surface area contributed by atoms with Crippen molar-refractivity contribution < 1.29 is 18.4 Å². The van der Waals surface area contributed by atoms with Crippen LogP contribution >= 0.6 is 23.4 Å². The van der Waals surface area contributed by atoms with Crippen molar-refractivity contribution in [3.8, 4) is 0 Å². The topological polar surface area (TPSA) is 55.5 Å². The fourth-order valence-corrected chi connectivity index (χ4v) is 4.45. The SMILES string of the molecule is Cc1cc(/C=C2\SC(=O)N(Cc3c(F)cccc3Cl)C2=O)c(C)n1Cc1ccco1. The van der Waals surface area contributed by atoms with Crippen LogP contribution in [-0.2, 0) is 17.9 Å². The molecular weight excluding hydrogens is 427 g/mol. The Hall–Kier alpha value is -2.77. The van der Waals surface area contributed by atoms with Gasteiger partial charge in [-0.2, -0.15) is 0 Å². The predicted molar refractivity (Wildman–Crippen MR) is 115 cm³/mol. The predicted octanol–water partition coefficient (Wildman–Crippen LogP) is 5.78. The van der Waals surface area contributed by atoms with Gasteiger partial charge in [0.2, 0.25) is 0 Å². The molecule has 1 aliphatic heterocycles. The van der Waals surface area contributed by atoms with Crippen LogP contribution in [0.3, 0.4) is 0 Å². The van der Waals surface area contributed by atoms with Gasteiger partial charge in [-0.3, -0.25) is 14.5 Å². The average Bonchev–Trinajstić information content (AvgIpc) is 3.37. The number of aryl methyl sites for hydroxylation is 1. The number of nitrogens with zero attached hydrogens (tertiary/aromatic N) is 2. The molecule has 1 saturated heterocycles. The second-order valence-electron chi connectivity index (χ2n) is 6.96. The molecule has 154 valence electrons. The lowest BCUT2D eigenvalue weighted by molar-refractivity contribution is -0.123. The first-order chi connectivity index (χ1) is 14.3. The van der Waals surface area contributed by atoms with Crippen LogP contribution in [0.25, 0.3) is 6.08 Å². The Kier molecular flexibility index (Phi) is 5.58. The summed E-state index contributed by atoms with van der Waals surface area (Å²) in [6.45, 7) is 4.29. The van der Waals surface area contributed by atoms with E-state index < -0.39 is 17.0 Å². The molecule has 2 aromatic heterocycles. The molecule has 0 spiro atoms. The molecular formula is C22H18ClFN2O3S. The van der Waals surface area contributed by atoms with E-state index in [9.17, 15) is 14.0 Å². The second kappa shape index (κ2) is 8.16. The number of benzene rings is 1. The van der Waals surface area contributed by atoms with Gasteiger partial charge in [-0.1, -0.05) is 17.7 Å². The van der Waals surface area contributed by atoms with Crippen molar-refractivity contribution in [3.63, 3.8) is 0 Å². The number of thioether (sulfide) groups is 1. The zero-order chi connectivity index (χ0) is 21.4. The van der Waals surface area contributed by atoms with Gasteiger partial charge in [-0.05, 0) is 67.6 Å². The Bertz CT molecular complexity index is 1150. The lowest BCUT2D eigenvalue weighted by Crippen LogP contribution is -2.28. The summed E-state index contributed by atoms with van der Waals surface area (Å²) in [4.78, 5) is 26.6. The van der Waals surface area contributed by atoms with Gasteiger partial charge < -0.3 is 8.98 Å². The molecule has 0 aliphatic carbocycles. The third-order valence-electron chi connectivity index (χ3n) is 5.04. The summed E-state index contributed by atoms with van der Waals surface area (Å²) in [5, 5.41) is -0.269. The first-order valence-corrected chi connectivity index (χ1v) is 10.4. The van der Waals surface area contributed by atoms with Gasteiger partial charge in [0.05, 0.1) is 24.3 Å². The van der Waals surface area contributed by atoms with Gasteiger partial charge >= 0.3 is 0 Å². The van der Waals surface area contributed by atoms with Crippen LogP contribution in [-0.4, -0.2) is 20.6 Å². The third-order valence-corrected chi connectivity index (χ3v) is 6.31. The van der Waals surface area contributed by atoms with Crippen LogP contribution in [0.15, 0.2) is 52.0 Å². The van der Waals surface area contributed by atoms with E-state index in [1.165, 1.54) is 18.2 Å². The molecule has 4 rings (SSSR count). The highest BCUT2D eigenvalue weighted by Crippen LogP contribution is 2.35. The van der Waals surface area contributed by atoms with Gasteiger partial charge in [-0.25, -0.2) is 4.39 Å². The number of rotatable bonds is 5. The second-order valence-corrected chi connectivity index (χ2v) is 8.36. The maximum Gasteiger partial charge on any atom is 0.293 e. The highest BCUT2D eigenvalue weighted by molar-refractivity contribution is 8.18. The lowest BCUT2D eigenvalue weighted by atomic mass is 10.2. The number of halogens is 2. The van der Waals surface area contributed by atoms with E-state index in [2.05, 4.69) is 4.57 Å². The minimum absolute atomic E-state index is 0.124. The molecule has 0 unspecified atom stereocenters. The molecule has 2 amide bonds. The average molecular weight is 445 g/mol. The van der Waals surface area contributed by atoms with Crippen molar-refractivity contribution in [2.24, 2.45) is 0 Å². The summed E-state index contributed by atoms with van der Waals surface area (Å²) in [7, 11) is 0. The van der Waals surface area contributed by atoms with Crippen LogP contribution in [0.2, 0.25) is 5.02 Å². The van der Waals surface area contributed by atoms with Gasteiger partial charge in [0, 0.05) is 22.0 Å². The molecule has 1 fully saturated rings. The molecule has 0 N–H and O–H groups in total. The molecule has 0 radical (unpaired) electrons. The summed E-state index contributed by atoms with van der Waals surface area (Å²) >= 11 is 6.89. The quantitative estimate of drug-likeness (QED) is 0.468. The van der Waals surface area contributed by atoms with Crippen molar-refractivity contribution in [1.82, 2.24) is 9.47 Å². The molecule has 3 heterocycles. The largest absolute Gasteiger partial charge is 0.467 e. The smallest absolute Gasteiger partial charge is 0.293 e. The number of hydrogen-bond acceptors (Lipinski definition) is 4. The van der Waals surface area contributed by atoms with Crippen molar-refractivity contribution >= 4 is 40.6 Å². The number of carbonyl (C=O) groups is 2. The zero-order valence-corrected chi connectivity index (χ0v) is 17.9. The highest BCUT2D eigenvalue weighted by Gasteiger charge is 2.36. The number of imide groups is 1. The Balaban J connectivity index is 1.59. The Morgan fingerprint density at radius 3 is 2.67 bits per heavy atom. The fourth-order valence-electron chi connectivity index (χ4n) is 3.39. The van der Waals surface area contributed by atoms with E-state index in [4.69, 9.17) is 16.0 Å². The maximum absolute atomic E-state index is 14.1. The Morgan fingerprint density at radius 2 is 1.97 bits per heavy atom. The normalized spacial score (nSPS) is 15.6. The van der Waals surface area contributed by atoms with Crippen molar-refractivity contribution in [1.29, 1.82) is 0 Å². The van der Waals surface area contributed by atoms with Crippen LogP contribution in [0, 0.1) is 19.7 Å². The first-order valence-electron chi connectivity index (χ1n) is 9.22. The molecule has 1 aliphatic rings. The third kappa shape index (κ3) is 3.82. The van der Waals surface area contributed by atoms with Crippen molar-refractivity contribution in [2.75, 3.05) is 0 Å². The Labute approximate surface area is 182 Å². The molecule has 3 aromatic rings. The highest BCUT2D eigenvalue weighted by atomic mass is 35.5. The van der Waals surface area contributed by atoms with Gasteiger partial charge in [0.15, 0.2) is 0 Å². The van der Waals surface area contributed by atoms with E-state index >= 15 is 0 Å².